The van der Waals surface area contributed by atoms with Gasteiger partial charge in [0, 0.05) is 22.4 Å². The van der Waals surface area contributed by atoms with Crippen molar-refractivity contribution in [2.45, 2.75) is 18.8 Å². The summed E-state index contributed by atoms with van der Waals surface area (Å²) in [6.07, 6.45) is 3.79. The Bertz CT molecular complexity index is 622. The van der Waals surface area contributed by atoms with Gasteiger partial charge in [0.15, 0.2) is 0 Å². The number of halogens is 2. The average molecular weight is 319 g/mol. The lowest BCUT2D eigenvalue weighted by Crippen LogP contribution is -2.24. The van der Waals surface area contributed by atoms with Gasteiger partial charge >= 0.3 is 0 Å². The van der Waals surface area contributed by atoms with E-state index in [2.05, 4.69) is 27.0 Å². The summed E-state index contributed by atoms with van der Waals surface area (Å²) in [7, 11) is 0. The van der Waals surface area contributed by atoms with E-state index in [1.807, 2.05) is 12.1 Å². The van der Waals surface area contributed by atoms with Gasteiger partial charge in [-0.25, -0.2) is 4.39 Å². The predicted octanol–water partition coefficient (Wildman–Crippen LogP) is 4.01. The summed E-state index contributed by atoms with van der Waals surface area (Å²) in [5.74, 6) is -0.365. The first kappa shape index (κ1) is 13.7. The van der Waals surface area contributed by atoms with Crippen LogP contribution in [-0.4, -0.2) is 4.98 Å². The van der Waals surface area contributed by atoms with Crippen molar-refractivity contribution in [3.63, 3.8) is 0 Å². The maximum absolute atomic E-state index is 14.0. The standard InChI is InChI=1S/C15H12BrFN2/c1-15(10-18,8-11-3-2-6-19-9-11)13-7-12(16)4-5-14(13)17/h2-7,9H,8H2,1H3. The zero-order valence-electron chi connectivity index (χ0n) is 10.4. The van der Waals surface area contributed by atoms with E-state index in [1.54, 1.807) is 31.5 Å². The molecule has 96 valence electrons. The summed E-state index contributed by atoms with van der Waals surface area (Å²) >= 11 is 3.31. The van der Waals surface area contributed by atoms with Crippen molar-refractivity contribution in [1.82, 2.24) is 4.98 Å². The zero-order valence-corrected chi connectivity index (χ0v) is 12.0. The fraction of sp³-hybridized carbons (Fsp3) is 0.200. The molecule has 4 heteroatoms. The minimum atomic E-state index is -0.920. The number of nitriles is 1. The van der Waals surface area contributed by atoms with Crippen LogP contribution < -0.4 is 0 Å². The van der Waals surface area contributed by atoms with E-state index in [0.29, 0.717) is 12.0 Å². The Kier molecular flexibility index (Phi) is 3.96. The van der Waals surface area contributed by atoms with E-state index < -0.39 is 5.41 Å². The molecule has 1 aromatic heterocycles. The number of hydrogen-bond donors (Lipinski definition) is 0. The quantitative estimate of drug-likeness (QED) is 0.857. The van der Waals surface area contributed by atoms with Gasteiger partial charge < -0.3 is 0 Å². The molecule has 0 fully saturated rings. The van der Waals surface area contributed by atoms with E-state index in [9.17, 15) is 9.65 Å². The first-order chi connectivity index (χ1) is 9.05. The van der Waals surface area contributed by atoms with Crippen LogP contribution in [-0.2, 0) is 11.8 Å². The van der Waals surface area contributed by atoms with Crippen molar-refractivity contribution >= 4 is 15.9 Å². The second-order valence-electron chi connectivity index (χ2n) is 4.61. The SMILES string of the molecule is CC(C#N)(Cc1cccnc1)c1cc(Br)ccc1F. The lowest BCUT2D eigenvalue weighted by Gasteiger charge is -2.23. The summed E-state index contributed by atoms with van der Waals surface area (Å²) in [4.78, 5) is 4.02. The summed E-state index contributed by atoms with van der Waals surface area (Å²) in [5.41, 5.74) is 0.385. The molecule has 1 unspecified atom stereocenters. The van der Waals surface area contributed by atoms with Gasteiger partial charge in [-0.1, -0.05) is 22.0 Å². The highest BCUT2D eigenvalue weighted by Crippen LogP contribution is 2.31. The summed E-state index contributed by atoms with van der Waals surface area (Å²) in [5, 5.41) is 9.46. The Hall–Kier alpha value is -1.73. The number of rotatable bonds is 3. The van der Waals surface area contributed by atoms with Gasteiger partial charge in [-0.2, -0.15) is 5.26 Å². The van der Waals surface area contributed by atoms with Crippen molar-refractivity contribution in [2.24, 2.45) is 0 Å². The Labute approximate surface area is 120 Å². The van der Waals surface area contributed by atoms with Gasteiger partial charge in [0.05, 0.1) is 11.5 Å². The second kappa shape index (κ2) is 5.50. The minimum absolute atomic E-state index is 0.365. The smallest absolute Gasteiger partial charge is 0.128 e. The maximum atomic E-state index is 14.0. The second-order valence-corrected chi connectivity index (χ2v) is 5.52. The molecule has 1 aromatic carbocycles. The third-order valence-corrected chi connectivity index (χ3v) is 3.54. The average Bonchev–Trinajstić information content (AvgIpc) is 2.42. The molecule has 0 saturated carbocycles. The van der Waals surface area contributed by atoms with Gasteiger partial charge in [0.2, 0.25) is 0 Å². The van der Waals surface area contributed by atoms with Crippen LogP contribution in [0.25, 0.3) is 0 Å². The molecule has 0 radical (unpaired) electrons. The Balaban J connectivity index is 2.43. The molecule has 0 aliphatic carbocycles. The molecule has 0 N–H and O–H groups in total. The molecule has 1 heterocycles. The topological polar surface area (TPSA) is 36.7 Å². The predicted molar refractivity (Wildman–Crippen MR) is 75.0 cm³/mol. The van der Waals surface area contributed by atoms with Crippen molar-refractivity contribution in [1.29, 1.82) is 5.26 Å². The van der Waals surface area contributed by atoms with E-state index >= 15 is 0 Å². The maximum Gasteiger partial charge on any atom is 0.128 e. The fourth-order valence-electron chi connectivity index (χ4n) is 2.03. The Morgan fingerprint density at radius 2 is 2.21 bits per heavy atom. The van der Waals surface area contributed by atoms with Gasteiger partial charge in [-0.05, 0) is 43.2 Å². The Morgan fingerprint density at radius 1 is 1.42 bits per heavy atom. The van der Waals surface area contributed by atoms with Crippen LogP contribution in [0.2, 0.25) is 0 Å². The third-order valence-electron chi connectivity index (χ3n) is 3.05. The number of aromatic nitrogens is 1. The fourth-order valence-corrected chi connectivity index (χ4v) is 2.39. The molecule has 19 heavy (non-hydrogen) atoms. The summed E-state index contributed by atoms with van der Waals surface area (Å²) in [6, 6.07) is 10.6. The van der Waals surface area contributed by atoms with Crippen LogP contribution in [0.1, 0.15) is 18.1 Å². The van der Waals surface area contributed by atoms with Crippen molar-refractivity contribution in [3.8, 4) is 6.07 Å². The van der Waals surface area contributed by atoms with Crippen LogP contribution in [0.4, 0.5) is 4.39 Å². The monoisotopic (exact) mass is 318 g/mol. The van der Waals surface area contributed by atoms with Crippen LogP contribution in [0.5, 0.6) is 0 Å². The highest BCUT2D eigenvalue weighted by Gasteiger charge is 2.30. The van der Waals surface area contributed by atoms with Crippen molar-refractivity contribution in [2.75, 3.05) is 0 Å². The van der Waals surface area contributed by atoms with Crippen molar-refractivity contribution in [3.05, 3.63) is 64.1 Å². The molecule has 0 aliphatic rings. The van der Waals surface area contributed by atoms with Gasteiger partial charge in [-0.3, -0.25) is 4.98 Å². The van der Waals surface area contributed by atoms with Crippen LogP contribution in [0, 0.1) is 17.1 Å². The molecule has 0 aliphatic heterocycles. The van der Waals surface area contributed by atoms with Crippen LogP contribution in [0.15, 0.2) is 47.2 Å². The lowest BCUT2D eigenvalue weighted by molar-refractivity contribution is 0.533. The van der Waals surface area contributed by atoms with Gasteiger partial charge in [0.1, 0.15) is 5.82 Å². The minimum Gasteiger partial charge on any atom is -0.264 e. The molecule has 0 saturated heterocycles. The van der Waals surface area contributed by atoms with E-state index in [4.69, 9.17) is 0 Å². The number of benzene rings is 1. The van der Waals surface area contributed by atoms with Gasteiger partial charge in [-0.15, -0.1) is 0 Å². The van der Waals surface area contributed by atoms with E-state index in [0.717, 1.165) is 10.0 Å². The lowest BCUT2D eigenvalue weighted by atomic mass is 9.78. The third kappa shape index (κ3) is 2.99. The summed E-state index contributed by atoms with van der Waals surface area (Å²) in [6.45, 7) is 1.74. The molecule has 1 atom stereocenters. The number of nitrogens with zero attached hydrogens (tertiary/aromatic N) is 2. The first-order valence-corrected chi connectivity index (χ1v) is 6.60. The molecule has 0 bridgehead atoms. The van der Waals surface area contributed by atoms with E-state index in [-0.39, 0.29) is 5.82 Å². The molecular weight excluding hydrogens is 307 g/mol. The summed E-state index contributed by atoms with van der Waals surface area (Å²) < 4.78 is 14.7. The highest BCUT2D eigenvalue weighted by atomic mass is 79.9. The zero-order chi connectivity index (χ0) is 13.9. The van der Waals surface area contributed by atoms with Gasteiger partial charge in [0.25, 0.3) is 0 Å². The number of hydrogen-bond acceptors (Lipinski definition) is 2. The molecular formula is C15H12BrFN2. The number of pyridine rings is 1. The van der Waals surface area contributed by atoms with E-state index in [1.165, 1.54) is 6.07 Å². The molecule has 2 rings (SSSR count). The largest absolute Gasteiger partial charge is 0.264 e. The highest BCUT2D eigenvalue weighted by molar-refractivity contribution is 9.10. The van der Waals surface area contributed by atoms with Crippen LogP contribution in [0.3, 0.4) is 0 Å². The van der Waals surface area contributed by atoms with Crippen LogP contribution >= 0.6 is 15.9 Å². The van der Waals surface area contributed by atoms with Crippen molar-refractivity contribution < 1.29 is 4.39 Å². The molecule has 0 spiro atoms. The normalized spacial score (nSPS) is 13.6. The molecule has 2 aromatic rings. The first-order valence-electron chi connectivity index (χ1n) is 5.81. The molecule has 0 amide bonds. The Morgan fingerprint density at radius 3 is 2.84 bits per heavy atom. The molecule has 2 nitrogen and oxygen atoms in total.